The molecule has 1 aromatic carbocycles. The summed E-state index contributed by atoms with van der Waals surface area (Å²) in [5, 5.41) is 8.75. The van der Waals surface area contributed by atoms with Gasteiger partial charge in [0.15, 0.2) is 0 Å². The van der Waals surface area contributed by atoms with Gasteiger partial charge >= 0.3 is 0 Å². The predicted octanol–water partition coefficient (Wildman–Crippen LogP) is 3.84. The van der Waals surface area contributed by atoms with Gasteiger partial charge in [0.05, 0.1) is 18.2 Å². The van der Waals surface area contributed by atoms with Crippen LogP contribution < -0.4 is 4.74 Å². The largest absolute Gasteiger partial charge is 0.494 e. The molecule has 114 valence electrons. The van der Waals surface area contributed by atoms with E-state index in [1.807, 2.05) is 12.1 Å². The Morgan fingerprint density at radius 3 is 2.67 bits per heavy atom. The summed E-state index contributed by atoms with van der Waals surface area (Å²) >= 11 is 0. The molecular formula is C18H26N2O. The molecule has 2 rings (SSSR count). The second kappa shape index (κ2) is 7.47. The van der Waals surface area contributed by atoms with E-state index in [4.69, 9.17) is 10.00 Å². The van der Waals surface area contributed by atoms with Crippen LogP contribution in [0.1, 0.15) is 45.1 Å². The van der Waals surface area contributed by atoms with E-state index in [-0.39, 0.29) is 0 Å². The van der Waals surface area contributed by atoms with E-state index in [1.54, 1.807) is 12.1 Å². The topological polar surface area (TPSA) is 36.3 Å². The van der Waals surface area contributed by atoms with Gasteiger partial charge < -0.3 is 9.64 Å². The van der Waals surface area contributed by atoms with Gasteiger partial charge in [-0.3, -0.25) is 0 Å². The second-order valence-corrected chi connectivity index (χ2v) is 6.70. The van der Waals surface area contributed by atoms with Crippen LogP contribution in [0.2, 0.25) is 0 Å². The zero-order chi connectivity index (χ0) is 15.1. The van der Waals surface area contributed by atoms with Gasteiger partial charge in [-0.05, 0) is 68.5 Å². The summed E-state index contributed by atoms with van der Waals surface area (Å²) in [6.07, 6.45) is 5.00. The summed E-state index contributed by atoms with van der Waals surface area (Å²) in [7, 11) is 0. The molecule has 0 atom stereocenters. The quantitative estimate of drug-likeness (QED) is 0.772. The Hall–Kier alpha value is -1.53. The molecule has 0 N–H and O–H groups in total. The van der Waals surface area contributed by atoms with Crippen molar-refractivity contribution >= 4 is 0 Å². The SMILES string of the molecule is CC1(C)CCCN(CCCOc2ccc(C#N)cc2)CC1. The minimum Gasteiger partial charge on any atom is -0.494 e. The second-order valence-electron chi connectivity index (χ2n) is 6.70. The third-order valence-corrected chi connectivity index (χ3v) is 4.30. The number of ether oxygens (including phenoxy) is 1. The summed E-state index contributed by atoms with van der Waals surface area (Å²) < 4.78 is 5.73. The Morgan fingerprint density at radius 2 is 1.95 bits per heavy atom. The molecular weight excluding hydrogens is 260 g/mol. The van der Waals surface area contributed by atoms with Crippen LogP contribution in [0.5, 0.6) is 5.75 Å². The van der Waals surface area contributed by atoms with Crippen LogP contribution in [0.4, 0.5) is 0 Å². The highest BCUT2D eigenvalue weighted by Gasteiger charge is 2.22. The van der Waals surface area contributed by atoms with Crippen LogP contribution in [0.25, 0.3) is 0 Å². The Bertz CT molecular complexity index is 473. The fraction of sp³-hybridized carbons (Fsp3) is 0.611. The first kappa shape index (κ1) is 15.9. The normalized spacial score (nSPS) is 18.7. The number of likely N-dealkylation sites (tertiary alicyclic amines) is 1. The summed E-state index contributed by atoms with van der Waals surface area (Å²) in [6.45, 7) is 9.05. The Labute approximate surface area is 128 Å². The molecule has 1 heterocycles. The van der Waals surface area contributed by atoms with E-state index in [2.05, 4.69) is 24.8 Å². The van der Waals surface area contributed by atoms with Gasteiger partial charge in [-0.1, -0.05) is 13.8 Å². The molecule has 0 radical (unpaired) electrons. The van der Waals surface area contributed by atoms with Gasteiger partial charge in [-0.2, -0.15) is 5.26 Å². The maximum Gasteiger partial charge on any atom is 0.119 e. The fourth-order valence-corrected chi connectivity index (χ4v) is 2.81. The highest BCUT2D eigenvalue weighted by molar-refractivity contribution is 5.34. The standard InChI is InChI=1S/C18H26N2O/c1-18(2)9-3-11-20(13-10-18)12-4-14-21-17-7-5-16(15-19)6-8-17/h5-8H,3-4,9-14H2,1-2H3. The third-order valence-electron chi connectivity index (χ3n) is 4.30. The Balaban J connectivity index is 1.66. The number of nitrogens with zero attached hydrogens (tertiary/aromatic N) is 2. The molecule has 0 bridgehead atoms. The van der Waals surface area contributed by atoms with Crippen molar-refractivity contribution in [2.45, 2.75) is 39.5 Å². The molecule has 21 heavy (non-hydrogen) atoms. The summed E-state index contributed by atoms with van der Waals surface area (Å²) in [5.41, 5.74) is 1.18. The van der Waals surface area contributed by atoms with Gasteiger partial charge in [0.1, 0.15) is 5.75 Å². The van der Waals surface area contributed by atoms with Crippen molar-refractivity contribution in [3.63, 3.8) is 0 Å². The minimum atomic E-state index is 0.508. The van der Waals surface area contributed by atoms with Gasteiger partial charge in [-0.15, -0.1) is 0 Å². The summed E-state index contributed by atoms with van der Waals surface area (Å²) in [6, 6.07) is 9.45. The van der Waals surface area contributed by atoms with Crippen LogP contribution in [0.3, 0.4) is 0 Å². The van der Waals surface area contributed by atoms with Crippen LogP contribution in [-0.4, -0.2) is 31.1 Å². The Kier molecular flexibility index (Phi) is 5.64. The average molecular weight is 286 g/mol. The maximum absolute atomic E-state index is 8.75. The predicted molar refractivity (Wildman–Crippen MR) is 85.3 cm³/mol. The van der Waals surface area contributed by atoms with E-state index in [9.17, 15) is 0 Å². The van der Waals surface area contributed by atoms with Crippen molar-refractivity contribution in [2.24, 2.45) is 5.41 Å². The van der Waals surface area contributed by atoms with E-state index >= 15 is 0 Å². The molecule has 1 fully saturated rings. The summed E-state index contributed by atoms with van der Waals surface area (Å²) in [5.74, 6) is 0.853. The number of hydrogen-bond acceptors (Lipinski definition) is 3. The average Bonchev–Trinajstić information content (AvgIpc) is 2.65. The first-order chi connectivity index (χ1) is 10.1. The monoisotopic (exact) mass is 286 g/mol. The van der Waals surface area contributed by atoms with Crippen LogP contribution in [0, 0.1) is 16.7 Å². The number of benzene rings is 1. The maximum atomic E-state index is 8.75. The van der Waals surface area contributed by atoms with Crippen molar-refractivity contribution in [1.82, 2.24) is 4.90 Å². The first-order valence-corrected chi connectivity index (χ1v) is 7.94. The van der Waals surface area contributed by atoms with Crippen molar-refractivity contribution in [3.05, 3.63) is 29.8 Å². The van der Waals surface area contributed by atoms with E-state index in [0.717, 1.165) is 25.3 Å². The molecule has 0 amide bonds. The molecule has 3 nitrogen and oxygen atoms in total. The number of nitriles is 1. The fourth-order valence-electron chi connectivity index (χ4n) is 2.81. The minimum absolute atomic E-state index is 0.508. The lowest BCUT2D eigenvalue weighted by Crippen LogP contribution is -2.27. The molecule has 1 aliphatic heterocycles. The van der Waals surface area contributed by atoms with E-state index in [1.165, 1.54) is 32.4 Å². The molecule has 1 saturated heterocycles. The lowest BCUT2D eigenvalue weighted by atomic mass is 9.85. The van der Waals surface area contributed by atoms with Crippen molar-refractivity contribution in [3.8, 4) is 11.8 Å². The molecule has 0 unspecified atom stereocenters. The molecule has 0 spiro atoms. The van der Waals surface area contributed by atoms with Crippen LogP contribution in [0.15, 0.2) is 24.3 Å². The molecule has 0 aliphatic carbocycles. The molecule has 1 aliphatic rings. The third kappa shape index (κ3) is 5.40. The van der Waals surface area contributed by atoms with Crippen molar-refractivity contribution in [2.75, 3.05) is 26.2 Å². The first-order valence-electron chi connectivity index (χ1n) is 7.94. The van der Waals surface area contributed by atoms with Gasteiger partial charge in [0.2, 0.25) is 0 Å². The zero-order valence-corrected chi connectivity index (χ0v) is 13.3. The Morgan fingerprint density at radius 1 is 1.19 bits per heavy atom. The van der Waals surface area contributed by atoms with Crippen molar-refractivity contribution < 1.29 is 4.74 Å². The van der Waals surface area contributed by atoms with Gasteiger partial charge in [-0.25, -0.2) is 0 Å². The summed E-state index contributed by atoms with van der Waals surface area (Å²) in [4.78, 5) is 2.57. The number of rotatable bonds is 5. The number of hydrogen-bond donors (Lipinski definition) is 0. The van der Waals surface area contributed by atoms with E-state index in [0.29, 0.717) is 11.0 Å². The van der Waals surface area contributed by atoms with Gasteiger partial charge in [0, 0.05) is 6.54 Å². The molecule has 1 aromatic rings. The van der Waals surface area contributed by atoms with E-state index < -0.39 is 0 Å². The highest BCUT2D eigenvalue weighted by Crippen LogP contribution is 2.29. The molecule has 3 heteroatoms. The van der Waals surface area contributed by atoms with Gasteiger partial charge in [0.25, 0.3) is 0 Å². The smallest absolute Gasteiger partial charge is 0.119 e. The molecule has 0 saturated carbocycles. The lowest BCUT2D eigenvalue weighted by Gasteiger charge is -2.23. The van der Waals surface area contributed by atoms with Crippen LogP contribution >= 0.6 is 0 Å². The van der Waals surface area contributed by atoms with Crippen molar-refractivity contribution in [1.29, 1.82) is 5.26 Å². The highest BCUT2D eigenvalue weighted by atomic mass is 16.5. The molecule has 0 aromatic heterocycles. The lowest BCUT2D eigenvalue weighted by molar-refractivity contribution is 0.231. The van der Waals surface area contributed by atoms with Crippen LogP contribution in [-0.2, 0) is 0 Å². The zero-order valence-electron chi connectivity index (χ0n) is 13.3.